The molecule has 1 aromatic carbocycles. The van der Waals surface area contributed by atoms with Gasteiger partial charge in [0.1, 0.15) is 0 Å². The van der Waals surface area contributed by atoms with E-state index in [4.69, 9.17) is 0 Å². The molecule has 5 nitrogen and oxygen atoms in total. The summed E-state index contributed by atoms with van der Waals surface area (Å²) in [6.07, 6.45) is 0.344. The number of carbonyl (C=O) groups is 2. The quantitative estimate of drug-likeness (QED) is 0.811. The second-order valence-corrected chi connectivity index (χ2v) is 9.61. The van der Waals surface area contributed by atoms with Crippen LogP contribution >= 0.6 is 11.8 Å². The number of rotatable bonds is 5. The van der Waals surface area contributed by atoms with Gasteiger partial charge in [-0.1, -0.05) is 23.9 Å². The van der Waals surface area contributed by atoms with E-state index >= 15 is 0 Å². The third-order valence-corrected chi connectivity index (χ3v) is 7.05. The molecule has 7 heteroatoms. The minimum atomic E-state index is -3.46. The second-order valence-electron chi connectivity index (χ2n) is 5.94. The molecule has 0 radical (unpaired) electrons. The Balaban J connectivity index is 2.30. The first-order chi connectivity index (χ1) is 10.7. The standard InChI is InChI=1S/C16H21NO4S2/c1-11(2)23(20,21)15-7-5-4-6-14(15)17-9-13(8-16(17)19)10-22-12(3)18/h4-7,11,13H,8-10H2,1-3H3. The van der Waals surface area contributed by atoms with E-state index in [0.29, 0.717) is 24.4 Å². The zero-order valence-electron chi connectivity index (χ0n) is 13.5. The molecule has 0 bridgehead atoms. The molecule has 1 aliphatic rings. The third kappa shape index (κ3) is 3.95. The van der Waals surface area contributed by atoms with Crippen molar-refractivity contribution in [2.75, 3.05) is 17.2 Å². The highest BCUT2D eigenvalue weighted by Crippen LogP contribution is 2.33. The van der Waals surface area contributed by atoms with E-state index in [-0.39, 0.29) is 21.8 Å². The molecule has 1 unspecified atom stereocenters. The van der Waals surface area contributed by atoms with Gasteiger partial charge >= 0.3 is 0 Å². The van der Waals surface area contributed by atoms with Crippen molar-refractivity contribution >= 4 is 38.3 Å². The lowest BCUT2D eigenvalue weighted by atomic mass is 10.1. The molecule has 0 aliphatic carbocycles. The van der Waals surface area contributed by atoms with E-state index in [9.17, 15) is 18.0 Å². The highest BCUT2D eigenvalue weighted by atomic mass is 32.2. The van der Waals surface area contributed by atoms with Crippen molar-refractivity contribution < 1.29 is 18.0 Å². The average molecular weight is 355 g/mol. The minimum absolute atomic E-state index is 0.0266. The van der Waals surface area contributed by atoms with Crippen molar-refractivity contribution in [1.29, 1.82) is 0 Å². The summed E-state index contributed by atoms with van der Waals surface area (Å²) < 4.78 is 25.1. The summed E-state index contributed by atoms with van der Waals surface area (Å²) in [5, 5.41) is -0.524. The second kappa shape index (κ2) is 7.05. The van der Waals surface area contributed by atoms with Crippen molar-refractivity contribution in [1.82, 2.24) is 0 Å². The number of nitrogens with zero attached hydrogens (tertiary/aromatic N) is 1. The van der Waals surface area contributed by atoms with Crippen molar-refractivity contribution in [2.45, 2.75) is 37.3 Å². The first-order valence-electron chi connectivity index (χ1n) is 7.50. The van der Waals surface area contributed by atoms with Gasteiger partial charge in [-0.05, 0) is 31.9 Å². The summed E-state index contributed by atoms with van der Waals surface area (Å²) in [6.45, 7) is 5.21. The lowest BCUT2D eigenvalue weighted by Gasteiger charge is -2.21. The smallest absolute Gasteiger partial charge is 0.227 e. The molecule has 0 aromatic heterocycles. The molecule has 1 atom stereocenters. The fourth-order valence-electron chi connectivity index (χ4n) is 2.54. The highest BCUT2D eigenvalue weighted by Gasteiger charge is 2.34. The van der Waals surface area contributed by atoms with E-state index in [0.717, 1.165) is 0 Å². The first kappa shape index (κ1) is 18.0. The van der Waals surface area contributed by atoms with E-state index < -0.39 is 15.1 Å². The van der Waals surface area contributed by atoms with Gasteiger partial charge in [-0.2, -0.15) is 0 Å². The van der Waals surface area contributed by atoms with Crippen molar-refractivity contribution in [3.05, 3.63) is 24.3 Å². The monoisotopic (exact) mass is 355 g/mol. The molecule has 23 heavy (non-hydrogen) atoms. The van der Waals surface area contributed by atoms with E-state index in [1.165, 1.54) is 18.7 Å². The van der Waals surface area contributed by atoms with Crippen LogP contribution in [0.1, 0.15) is 27.2 Å². The molecular formula is C16H21NO4S2. The summed E-state index contributed by atoms with van der Waals surface area (Å²) >= 11 is 1.21. The Labute approximate surface area is 141 Å². The first-order valence-corrected chi connectivity index (χ1v) is 10.0. The van der Waals surface area contributed by atoms with E-state index in [2.05, 4.69) is 0 Å². The number of amides is 1. The van der Waals surface area contributed by atoms with Crippen LogP contribution in [0.15, 0.2) is 29.2 Å². The Bertz CT molecular complexity index is 713. The van der Waals surface area contributed by atoms with Crippen molar-refractivity contribution in [2.24, 2.45) is 5.92 Å². The van der Waals surface area contributed by atoms with Crippen LogP contribution in [0.5, 0.6) is 0 Å². The Kier molecular flexibility index (Phi) is 5.52. The molecule has 1 aliphatic heterocycles. The summed E-state index contributed by atoms with van der Waals surface area (Å²) in [5.74, 6) is 0.549. The van der Waals surface area contributed by atoms with Gasteiger partial charge in [-0.15, -0.1) is 0 Å². The fourth-order valence-corrected chi connectivity index (χ4v) is 4.48. The van der Waals surface area contributed by atoms with Crippen LogP contribution in [0.4, 0.5) is 5.69 Å². The number of para-hydroxylation sites is 1. The Morgan fingerprint density at radius 3 is 2.61 bits per heavy atom. The Morgan fingerprint density at radius 1 is 1.35 bits per heavy atom. The molecule has 0 N–H and O–H groups in total. The van der Waals surface area contributed by atoms with Gasteiger partial charge in [0.25, 0.3) is 0 Å². The van der Waals surface area contributed by atoms with Crippen LogP contribution in [0, 0.1) is 5.92 Å². The molecular weight excluding hydrogens is 334 g/mol. The van der Waals surface area contributed by atoms with Gasteiger partial charge in [0.15, 0.2) is 15.0 Å². The van der Waals surface area contributed by atoms with Crippen LogP contribution in [-0.2, 0) is 19.4 Å². The fraction of sp³-hybridized carbons (Fsp3) is 0.500. The lowest BCUT2D eigenvalue weighted by molar-refractivity contribution is -0.117. The zero-order valence-corrected chi connectivity index (χ0v) is 15.1. The minimum Gasteiger partial charge on any atom is -0.311 e. The molecule has 126 valence electrons. The van der Waals surface area contributed by atoms with Gasteiger partial charge in [-0.25, -0.2) is 8.42 Å². The summed E-state index contributed by atoms with van der Waals surface area (Å²) in [4.78, 5) is 25.1. The lowest BCUT2D eigenvalue weighted by Crippen LogP contribution is -2.27. The maximum absolute atomic E-state index is 12.5. The zero-order chi connectivity index (χ0) is 17.2. The molecule has 0 spiro atoms. The normalized spacial score (nSPS) is 18.7. The molecule has 1 aromatic rings. The molecule has 1 fully saturated rings. The highest BCUT2D eigenvalue weighted by molar-refractivity contribution is 8.13. The Hall–Kier alpha value is -1.34. The van der Waals surface area contributed by atoms with Crippen molar-refractivity contribution in [3.8, 4) is 0 Å². The van der Waals surface area contributed by atoms with Crippen molar-refractivity contribution in [3.63, 3.8) is 0 Å². The molecule has 0 saturated carbocycles. The van der Waals surface area contributed by atoms with Gasteiger partial charge < -0.3 is 4.90 Å². The number of carbonyl (C=O) groups excluding carboxylic acids is 2. The molecule has 1 heterocycles. The van der Waals surface area contributed by atoms with Gasteiger partial charge in [0.05, 0.1) is 15.8 Å². The van der Waals surface area contributed by atoms with Crippen LogP contribution in [-0.4, -0.2) is 37.0 Å². The third-order valence-electron chi connectivity index (χ3n) is 3.81. The summed E-state index contributed by atoms with van der Waals surface area (Å²) in [7, 11) is -3.46. The number of hydrogen-bond acceptors (Lipinski definition) is 5. The SMILES string of the molecule is CC(=O)SCC1CC(=O)N(c2ccccc2S(=O)(=O)C(C)C)C1. The van der Waals surface area contributed by atoms with Gasteiger partial charge in [0.2, 0.25) is 5.91 Å². The maximum Gasteiger partial charge on any atom is 0.227 e. The maximum atomic E-state index is 12.5. The number of sulfone groups is 1. The average Bonchev–Trinajstić information content (AvgIpc) is 2.86. The van der Waals surface area contributed by atoms with Crippen LogP contribution < -0.4 is 4.90 Å². The number of hydrogen-bond donors (Lipinski definition) is 0. The predicted molar refractivity (Wildman–Crippen MR) is 92.4 cm³/mol. The van der Waals surface area contributed by atoms with E-state index in [1.807, 2.05) is 0 Å². The summed E-state index contributed by atoms with van der Waals surface area (Å²) in [5.41, 5.74) is 0.446. The number of anilines is 1. The largest absolute Gasteiger partial charge is 0.311 e. The van der Waals surface area contributed by atoms with Crippen LogP contribution in [0.2, 0.25) is 0 Å². The summed E-state index contributed by atoms with van der Waals surface area (Å²) in [6, 6.07) is 6.63. The predicted octanol–water partition coefficient (Wildman–Crippen LogP) is 2.50. The van der Waals surface area contributed by atoms with E-state index in [1.54, 1.807) is 43.0 Å². The van der Waals surface area contributed by atoms with Gasteiger partial charge in [0, 0.05) is 25.6 Å². The van der Waals surface area contributed by atoms with Crippen LogP contribution in [0.25, 0.3) is 0 Å². The van der Waals surface area contributed by atoms with Crippen LogP contribution in [0.3, 0.4) is 0 Å². The molecule has 1 amide bonds. The molecule has 1 saturated heterocycles. The Morgan fingerprint density at radius 2 is 2.00 bits per heavy atom. The van der Waals surface area contributed by atoms with Gasteiger partial charge in [-0.3, -0.25) is 9.59 Å². The molecule has 2 rings (SSSR count). The number of benzene rings is 1. The number of thioether (sulfide) groups is 1. The topological polar surface area (TPSA) is 71.5 Å².